The fourth-order valence-electron chi connectivity index (χ4n) is 4.27. The van der Waals surface area contributed by atoms with Gasteiger partial charge in [0.05, 0.1) is 24.4 Å². The van der Waals surface area contributed by atoms with Crippen LogP contribution in [0, 0.1) is 0 Å². The van der Waals surface area contributed by atoms with Crippen LogP contribution in [0.15, 0.2) is 30.3 Å². The molecule has 2 aliphatic rings. The van der Waals surface area contributed by atoms with Crippen molar-refractivity contribution in [3.63, 3.8) is 0 Å². The Labute approximate surface area is 187 Å². The third kappa shape index (κ3) is 4.77. The van der Waals surface area contributed by atoms with Gasteiger partial charge in [-0.1, -0.05) is 43.5 Å². The van der Waals surface area contributed by atoms with Gasteiger partial charge >= 0.3 is 0 Å². The van der Waals surface area contributed by atoms with E-state index in [-0.39, 0.29) is 30.5 Å². The Morgan fingerprint density at radius 3 is 2.74 bits per heavy atom. The van der Waals surface area contributed by atoms with Crippen LogP contribution in [0.5, 0.6) is 0 Å². The number of halogens is 1. The van der Waals surface area contributed by atoms with Gasteiger partial charge in [0.1, 0.15) is 12.2 Å². The number of nitrogens with zero attached hydrogens (tertiary/aromatic N) is 4. The Morgan fingerprint density at radius 1 is 1.26 bits per heavy atom. The fourth-order valence-corrected chi connectivity index (χ4v) is 4.39. The van der Waals surface area contributed by atoms with Crippen LogP contribution in [0.4, 0.5) is 0 Å². The molecule has 1 unspecified atom stereocenters. The maximum absolute atomic E-state index is 13.3. The number of hydrogen-bond donors (Lipinski definition) is 0. The van der Waals surface area contributed by atoms with Crippen molar-refractivity contribution in [3.8, 4) is 11.3 Å². The molecule has 2 atom stereocenters. The van der Waals surface area contributed by atoms with Crippen LogP contribution in [0.1, 0.15) is 49.6 Å². The fraction of sp³-hybridized carbons (Fsp3) is 0.522. The average Bonchev–Trinajstić information content (AvgIpc) is 3.21. The number of fused-ring (bicyclic) bond motifs is 1. The first-order valence-electron chi connectivity index (χ1n) is 11.0. The predicted molar refractivity (Wildman–Crippen MR) is 119 cm³/mol. The molecule has 0 aliphatic carbocycles. The van der Waals surface area contributed by atoms with Crippen LogP contribution < -0.4 is 0 Å². The van der Waals surface area contributed by atoms with E-state index in [4.69, 9.17) is 21.4 Å². The van der Waals surface area contributed by atoms with Gasteiger partial charge in [0, 0.05) is 30.2 Å². The molecule has 4 rings (SSSR count). The number of carbonyl (C=O) groups is 2. The first-order chi connectivity index (χ1) is 15.0. The van der Waals surface area contributed by atoms with E-state index in [1.54, 1.807) is 9.80 Å². The van der Waals surface area contributed by atoms with Crippen molar-refractivity contribution in [2.24, 2.45) is 0 Å². The van der Waals surface area contributed by atoms with Crippen LogP contribution in [0.2, 0.25) is 5.02 Å². The highest BCUT2D eigenvalue weighted by molar-refractivity contribution is 6.30. The van der Waals surface area contributed by atoms with Gasteiger partial charge < -0.3 is 14.5 Å². The van der Waals surface area contributed by atoms with Crippen LogP contribution >= 0.6 is 11.6 Å². The van der Waals surface area contributed by atoms with Crippen LogP contribution in [0.25, 0.3) is 11.3 Å². The monoisotopic (exact) mass is 444 g/mol. The molecule has 8 heteroatoms. The third-order valence-corrected chi connectivity index (χ3v) is 6.22. The van der Waals surface area contributed by atoms with E-state index in [2.05, 4.69) is 6.92 Å². The van der Waals surface area contributed by atoms with E-state index in [9.17, 15) is 9.59 Å². The van der Waals surface area contributed by atoms with Crippen molar-refractivity contribution in [1.82, 2.24) is 19.6 Å². The largest absolute Gasteiger partial charge is 0.375 e. The highest BCUT2D eigenvalue weighted by atomic mass is 35.5. The van der Waals surface area contributed by atoms with E-state index < -0.39 is 0 Å². The molecule has 0 radical (unpaired) electrons. The van der Waals surface area contributed by atoms with Crippen molar-refractivity contribution in [2.45, 2.75) is 45.3 Å². The number of amides is 2. The molecular formula is C23H29ClN4O3. The van der Waals surface area contributed by atoms with Gasteiger partial charge in [-0.3, -0.25) is 14.3 Å². The number of carbonyl (C=O) groups excluding carboxylic acids is 2. The molecule has 2 amide bonds. The summed E-state index contributed by atoms with van der Waals surface area (Å²) in [6.07, 6.45) is 3.04. The number of aromatic nitrogens is 2. The molecule has 2 aromatic rings. The second kappa shape index (κ2) is 9.40. The molecule has 31 heavy (non-hydrogen) atoms. The van der Waals surface area contributed by atoms with E-state index in [1.807, 2.05) is 41.9 Å². The predicted octanol–water partition coefficient (Wildman–Crippen LogP) is 3.64. The molecule has 7 nitrogen and oxygen atoms in total. The molecule has 1 aromatic carbocycles. The summed E-state index contributed by atoms with van der Waals surface area (Å²) in [7, 11) is 0. The summed E-state index contributed by atoms with van der Waals surface area (Å²) in [5.74, 6) is -0.168. The van der Waals surface area contributed by atoms with Crippen molar-refractivity contribution in [1.29, 1.82) is 0 Å². The Morgan fingerprint density at radius 2 is 2.03 bits per heavy atom. The van der Waals surface area contributed by atoms with Gasteiger partial charge in [0.25, 0.3) is 5.91 Å². The summed E-state index contributed by atoms with van der Waals surface area (Å²) >= 11 is 6.01. The van der Waals surface area contributed by atoms with Gasteiger partial charge in [-0.2, -0.15) is 5.10 Å². The quantitative estimate of drug-likeness (QED) is 0.682. The second-order valence-corrected chi connectivity index (χ2v) is 8.81. The first kappa shape index (κ1) is 21.8. The second-order valence-electron chi connectivity index (χ2n) is 8.37. The molecule has 166 valence electrons. The standard InChI is InChI=1S/C23H29ClN4O3/c1-3-4-5-19-14-27(15-22(29)26-10-11-31-16(2)13-26)23(30)21-12-20(25-28(19)21)17-6-8-18(24)9-7-17/h6-9,12,16,19H,3-5,10-11,13-15H2,1-2H3/t16-,19?/m1/s1. The lowest BCUT2D eigenvalue weighted by molar-refractivity contribution is -0.139. The van der Waals surface area contributed by atoms with Gasteiger partial charge in [-0.15, -0.1) is 0 Å². The minimum Gasteiger partial charge on any atom is -0.375 e. The van der Waals surface area contributed by atoms with Gasteiger partial charge in [-0.05, 0) is 31.5 Å². The number of rotatable bonds is 6. The van der Waals surface area contributed by atoms with Crippen LogP contribution in [0.3, 0.4) is 0 Å². The zero-order chi connectivity index (χ0) is 22.0. The summed E-state index contributed by atoms with van der Waals surface area (Å²) in [4.78, 5) is 29.6. The smallest absolute Gasteiger partial charge is 0.272 e. The minimum absolute atomic E-state index is 0.0235. The normalized spacial score (nSPS) is 21.3. The SMILES string of the molecule is CCCCC1CN(CC(=O)N2CCO[C@H](C)C2)C(=O)c2cc(-c3ccc(Cl)cc3)nn21. The molecular weight excluding hydrogens is 416 g/mol. The number of morpholine rings is 1. The molecule has 1 saturated heterocycles. The summed E-state index contributed by atoms with van der Waals surface area (Å²) < 4.78 is 7.40. The summed E-state index contributed by atoms with van der Waals surface area (Å²) in [5.41, 5.74) is 2.20. The molecule has 0 bridgehead atoms. The highest BCUT2D eigenvalue weighted by Crippen LogP contribution is 2.29. The molecule has 2 aliphatic heterocycles. The van der Waals surface area contributed by atoms with Crippen molar-refractivity contribution >= 4 is 23.4 Å². The van der Waals surface area contributed by atoms with E-state index in [1.165, 1.54) is 0 Å². The summed E-state index contributed by atoms with van der Waals surface area (Å²) in [6.45, 7) is 6.38. The Hall–Kier alpha value is -2.38. The lowest BCUT2D eigenvalue weighted by Gasteiger charge is -2.36. The number of unbranched alkanes of at least 4 members (excludes halogenated alkanes) is 1. The van der Waals surface area contributed by atoms with Crippen molar-refractivity contribution in [2.75, 3.05) is 32.8 Å². The maximum Gasteiger partial charge on any atom is 0.272 e. The topological polar surface area (TPSA) is 67.7 Å². The van der Waals surface area contributed by atoms with E-state index in [0.717, 1.165) is 30.5 Å². The average molecular weight is 445 g/mol. The Balaban J connectivity index is 1.57. The van der Waals surface area contributed by atoms with Crippen LogP contribution in [-0.4, -0.2) is 70.3 Å². The number of hydrogen-bond acceptors (Lipinski definition) is 4. The van der Waals surface area contributed by atoms with Gasteiger partial charge in [0.15, 0.2) is 0 Å². The number of ether oxygens (including phenoxy) is 1. The van der Waals surface area contributed by atoms with Gasteiger partial charge in [0.2, 0.25) is 5.91 Å². The van der Waals surface area contributed by atoms with E-state index in [0.29, 0.717) is 37.0 Å². The lowest BCUT2D eigenvalue weighted by Crippen LogP contribution is -2.51. The molecule has 1 aromatic heterocycles. The molecule has 3 heterocycles. The maximum atomic E-state index is 13.3. The Bertz CT molecular complexity index is 943. The summed E-state index contributed by atoms with van der Waals surface area (Å²) in [6, 6.07) is 9.34. The van der Waals surface area contributed by atoms with Gasteiger partial charge in [-0.25, -0.2) is 0 Å². The number of benzene rings is 1. The Kier molecular flexibility index (Phi) is 6.62. The summed E-state index contributed by atoms with van der Waals surface area (Å²) in [5, 5.41) is 5.42. The van der Waals surface area contributed by atoms with Crippen molar-refractivity contribution in [3.05, 3.63) is 41.0 Å². The van der Waals surface area contributed by atoms with Crippen LogP contribution in [-0.2, 0) is 9.53 Å². The molecule has 0 spiro atoms. The van der Waals surface area contributed by atoms with E-state index >= 15 is 0 Å². The molecule has 0 N–H and O–H groups in total. The minimum atomic E-state index is -0.143. The first-order valence-corrected chi connectivity index (χ1v) is 11.4. The third-order valence-electron chi connectivity index (χ3n) is 5.97. The zero-order valence-electron chi connectivity index (χ0n) is 18.1. The highest BCUT2D eigenvalue weighted by Gasteiger charge is 2.35. The zero-order valence-corrected chi connectivity index (χ0v) is 18.8. The van der Waals surface area contributed by atoms with Crippen molar-refractivity contribution < 1.29 is 14.3 Å². The lowest BCUT2D eigenvalue weighted by atomic mass is 10.1. The molecule has 1 fully saturated rings. The molecule has 0 saturated carbocycles.